The number of β-amino-alcohol motifs (C(OH)–C–C–N with tert-alkyl or cyclic N) is 1. The molecule has 9 heteroatoms. The Morgan fingerprint density at radius 1 is 0.955 bits per heavy atom. The molecular weight excluding hydrogens is 554 g/mol. The highest BCUT2D eigenvalue weighted by molar-refractivity contribution is 5.87. The molecule has 9 nitrogen and oxygen atoms in total. The van der Waals surface area contributed by atoms with Crippen LogP contribution in [0.2, 0.25) is 0 Å². The fourth-order valence-electron chi connectivity index (χ4n) is 6.63. The summed E-state index contributed by atoms with van der Waals surface area (Å²) in [4.78, 5) is 43.1. The summed E-state index contributed by atoms with van der Waals surface area (Å²) >= 11 is 0. The molecule has 44 heavy (non-hydrogen) atoms. The molecule has 2 aliphatic rings. The Kier molecular flexibility index (Phi) is 11.8. The van der Waals surface area contributed by atoms with Crippen molar-refractivity contribution in [1.82, 2.24) is 20.9 Å². The van der Waals surface area contributed by atoms with Crippen molar-refractivity contribution in [3.63, 3.8) is 0 Å². The number of rotatable bonds is 12. The smallest absolute Gasteiger partial charge is 0.239 e. The van der Waals surface area contributed by atoms with E-state index in [4.69, 9.17) is 0 Å². The second kappa shape index (κ2) is 15.5. The van der Waals surface area contributed by atoms with Crippen LogP contribution in [-0.2, 0) is 20.8 Å². The number of hydrogen-bond acceptors (Lipinski definition) is 6. The number of benzene rings is 2. The third-order valence-corrected chi connectivity index (χ3v) is 8.86. The van der Waals surface area contributed by atoms with Crippen LogP contribution in [-0.4, -0.2) is 84.7 Å². The number of piperidine rings is 1. The fraction of sp³-hybridized carbons (Fsp3) is 0.571. The van der Waals surface area contributed by atoms with E-state index in [1.54, 1.807) is 0 Å². The first-order valence-corrected chi connectivity index (χ1v) is 16.1. The first kappa shape index (κ1) is 33.5. The van der Waals surface area contributed by atoms with Crippen molar-refractivity contribution in [2.75, 3.05) is 38.1 Å². The average Bonchev–Trinajstić information content (AvgIpc) is 2.99. The number of aliphatic hydroxyl groups is 1. The summed E-state index contributed by atoms with van der Waals surface area (Å²) in [5, 5.41) is 20.5. The Hall–Kier alpha value is -3.43. The largest absolute Gasteiger partial charge is 0.390 e. The minimum Gasteiger partial charge on any atom is -0.390 e. The van der Waals surface area contributed by atoms with Gasteiger partial charge in [0.15, 0.2) is 0 Å². The summed E-state index contributed by atoms with van der Waals surface area (Å²) in [5.41, 5.74) is 1.54. The molecule has 5 unspecified atom stereocenters. The van der Waals surface area contributed by atoms with Crippen molar-refractivity contribution in [3.8, 4) is 0 Å². The van der Waals surface area contributed by atoms with E-state index in [9.17, 15) is 19.5 Å². The first-order valence-electron chi connectivity index (χ1n) is 16.1. The van der Waals surface area contributed by atoms with Gasteiger partial charge in [-0.2, -0.15) is 0 Å². The van der Waals surface area contributed by atoms with Crippen LogP contribution in [0.4, 0.5) is 5.69 Å². The zero-order valence-electron chi connectivity index (χ0n) is 26.8. The zero-order chi connectivity index (χ0) is 31.7. The zero-order valence-corrected chi connectivity index (χ0v) is 26.8. The number of carbonyl (C=O) groups is 3. The highest BCUT2D eigenvalue weighted by Crippen LogP contribution is 2.39. The molecule has 5 atom stereocenters. The second-order valence-electron chi connectivity index (χ2n) is 13.6. The van der Waals surface area contributed by atoms with Crippen LogP contribution < -0.4 is 20.9 Å². The number of fused-ring (bicyclic) bond motifs is 1. The molecule has 2 fully saturated rings. The van der Waals surface area contributed by atoms with Crippen molar-refractivity contribution >= 4 is 23.4 Å². The van der Waals surface area contributed by atoms with E-state index in [0.717, 1.165) is 37.1 Å². The summed E-state index contributed by atoms with van der Waals surface area (Å²) in [5.74, 6) is 0.405. The van der Waals surface area contributed by atoms with Gasteiger partial charge < -0.3 is 26.0 Å². The van der Waals surface area contributed by atoms with Gasteiger partial charge in [-0.15, -0.1) is 0 Å². The minimum atomic E-state index is -0.913. The number of amides is 3. The average molecular weight is 606 g/mol. The molecule has 2 aromatic carbocycles. The predicted molar refractivity (Wildman–Crippen MR) is 174 cm³/mol. The lowest BCUT2D eigenvalue weighted by atomic mass is 9.72. The summed E-state index contributed by atoms with van der Waals surface area (Å²) in [6.07, 6.45) is 5.02. The molecule has 1 heterocycles. The lowest BCUT2D eigenvalue weighted by molar-refractivity contribution is -0.133. The van der Waals surface area contributed by atoms with Gasteiger partial charge in [0, 0.05) is 31.4 Å². The molecule has 1 saturated heterocycles. The molecule has 1 aliphatic carbocycles. The van der Waals surface area contributed by atoms with Crippen LogP contribution >= 0.6 is 0 Å². The normalized spacial score (nSPS) is 21.8. The Morgan fingerprint density at radius 2 is 1.59 bits per heavy atom. The first-order chi connectivity index (χ1) is 21.0. The quantitative estimate of drug-likeness (QED) is 0.296. The summed E-state index contributed by atoms with van der Waals surface area (Å²) < 4.78 is 0. The third-order valence-electron chi connectivity index (χ3n) is 8.86. The maximum atomic E-state index is 13.5. The number of likely N-dealkylation sites (tertiary alicyclic amines) is 1. The van der Waals surface area contributed by atoms with Crippen molar-refractivity contribution in [3.05, 3.63) is 66.2 Å². The Balaban J connectivity index is 1.41. The number of hydrogen-bond donors (Lipinski definition) is 4. The molecule has 1 aliphatic heterocycles. The molecule has 2 aromatic rings. The van der Waals surface area contributed by atoms with Crippen LogP contribution in [0.1, 0.15) is 58.4 Å². The highest BCUT2D eigenvalue weighted by Gasteiger charge is 2.41. The topological polar surface area (TPSA) is 114 Å². The van der Waals surface area contributed by atoms with Gasteiger partial charge in [0.25, 0.3) is 0 Å². The van der Waals surface area contributed by atoms with Gasteiger partial charge in [-0.1, -0.05) is 67.8 Å². The van der Waals surface area contributed by atoms with E-state index >= 15 is 0 Å². The lowest BCUT2D eigenvalue weighted by Gasteiger charge is -2.47. The number of aliphatic hydroxyl groups excluding tert-OH is 1. The van der Waals surface area contributed by atoms with Crippen molar-refractivity contribution < 1.29 is 19.5 Å². The van der Waals surface area contributed by atoms with E-state index in [1.165, 1.54) is 12.8 Å². The molecular formula is C35H51N5O4. The predicted octanol–water partition coefficient (Wildman–Crippen LogP) is 3.12. The molecule has 240 valence electrons. The van der Waals surface area contributed by atoms with E-state index in [1.807, 2.05) is 93.4 Å². The van der Waals surface area contributed by atoms with Crippen molar-refractivity contribution in [1.29, 1.82) is 0 Å². The Labute approximate surface area is 262 Å². The molecule has 0 aromatic heterocycles. The number of para-hydroxylation sites is 1. The van der Waals surface area contributed by atoms with Crippen molar-refractivity contribution in [2.45, 2.75) is 83.0 Å². The number of nitrogens with one attached hydrogen (secondary N) is 3. The summed E-state index contributed by atoms with van der Waals surface area (Å²) in [6, 6.07) is 18.4. The van der Waals surface area contributed by atoms with Gasteiger partial charge in [0.2, 0.25) is 17.7 Å². The maximum absolute atomic E-state index is 13.5. The van der Waals surface area contributed by atoms with Gasteiger partial charge in [0.1, 0.15) is 0 Å². The van der Waals surface area contributed by atoms with Crippen molar-refractivity contribution in [2.24, 2.45) is 11.8 Å². The van der Waals surface area contributed by atoms with Gasteiger partial charge in [-0.3, -0.25) is 19.3 Å². The number of carbonyl (C=O) groups excluding carboxylic acids is 3. The van der Waals surface area contributed by atoms with E-state index < -0.39 is 12.1 Å². The summed E-state index contributed by atoms with van der Waals surface area (Å²) in [7, 11) is 1.83. The standard InChI is InChI=1S/C35H51N5O4/c1-35(2,3)38-34(44)30-20-26-15-11-12-16-27(26)22-40(30)23-31(41)29(19-25-13-7-5-8-14-25)37-32(42)21-36-33(43)24-39(4)28-17-9-6-10-18-28/h5-10,13-14,17-18,26-27,29-31,41H,11-12,15-16,19-24H2,1-4H3,(H,36,43)(H,37,42)(H,38,44). The van der Waals surface area contributed by atoms with Crippen LogP contribution in [0.25, 0.3) is 0 Å². The third kappa shape index (κ3) is 10.1. The van der Waals surface area contributed by atoms with Gasteiger partial charge >= 0.3 is 0 Å². The van der Waals surface area contributed by atoms with Crippen LogP contribution in [0, 0.1) is 11.8 Å². The monoisotopic (exact) mass is 605 g/mol. The number of nitrogens with zero attached hydrogens (tertiary/aromatic N) is 2. The molecule has 0 bridgehead atoms. The van der Waals surface area contributed by atoms with Gasteiger partial charge in [-0.05, 0) is 69.6 Å². The van der Waals surface area contributed by atoms with E-state index in [-0.39, 0.29) is 48.9 Å². The number of likely N-dealkylation sites (N-methyl/N-ethyl adjacent to an activating group) is 1. The summed E-state index contributed by atoms with van der Waals surface area (Å²) in [6.45, 7) is 6.92. The molecule has 0 radical (unpaired) electrons. The molecule has 0 spiro atoms. The maximum Gasteiger partial charge on any atom is 0.239 e. The van der Waals surface area contributed by atoms with Gasteiger partial charge in [0.05, 0.1) is 31.3 Å². The number of anilines is 1. The second-order valence-corrected chi connectivity index (χ2v) is 13.6. The highest BCUT2D eigenvalue weighted by atomic mass is 16.3. The van der Waals surface area contributed by atoms with Crippen LogP contribution in [0.3, 0.4) is 0 Å². The fourth-order valence-corrected chi connectivity index (χ4v) is 6.63. The Morgan fingerprint density at radius 3 is 2.25 bits per heavy atom. The molecule has 4 N–H and O–H groups in total. The lowest BCUT2D eigenvalue weighted by Crippen LogP contribution is -2.60. The Bertz CT molecular complexity index is 1220. The van der Waals surface area contributed by atoms with Crippen LogP contribution in [0.15, 0.2) is 60.7 Å². The van der Waals surface area contributed by atoms with Gasteiger partial charge in [-0.25, -0.2) is 0 Å². The van der Waals surface area contributed by atoms with Crippen LogP contribution in [0.5, 0.6) is 0 Å². The minimum absolute atomic E-state index is 0.000511. The molecule has 4 rings (SSSR count). The molecule has 1 saturated carbocycles. The SMILES string of the molecule is CN(CC(=O)NCC(=O)NC(Cc1ccccc1)C(O)CN1CC2CCCCC2CC1C(=O)NC(C)(C)C)c1ccccc1. The van der Waals surface area contributed by atoms with E-state index in [0.29, 0.717) is 18.3 Å². The molecule has 3 amide bonds. The van der Waals surface area contributed by atoms with E-state index in [2.05, 4.69) is 20.9 Å².